The minimum absolute atomic E-state index is 0.823. The van der Waals surface area contributed by atoms with Gasteiger partial charge >= 0.3 is 0 Å². The van der Waals surface area contributed by atoms with Crippen LogP contribution in [-0.4, -0.2) is 9.78 Å². The molecule has 1 aromatic carbocycles. The van der Waals surface area contributed by atoms with Crippen molar-refractivity contribution in [3.63, 3.8) is 0 Å². The Kier molecular flexibility index (Phi) is 3.47. The lowest BCUT2D eigenvalue weighted by Crippen LogP contribution is -1.92. The van der Waals surface area contributed by atoms with Gasteiger partial charge in [0.2, 0.25) is 0 Å². The Morgan fingerprint density at radius 3 is 2.81 bits per heavy atom. The van der Waals surface area contributed by atoms with E-state index in [9.17, 15) is 0 Å². The summed E-state index contributed by atoms with van der Waals surface area (Å²) in [5.74, 6) is 0. The third-order valence-corrected chi connectivity index (χ3v) is 3.31. The van der Waals surface area contributed by atoms with E-state index in [0.717, 1.165) is 17.1 Å². The standard InChI is InChI=1S/C13H14N2S/c1-3-7-11-10-13(15(2)14-11)16-12-8-5-4-6-9-12/h3-6,8-10H,1,7H2,2H3. The zero-order chi connectivity index (χ0) is 11.4. The molecule has 0 amide bonds. The van der Waals surface area contributed by atoms with Crippen LogP contribution in [0.2, 0.25) is 0 Å². The molecule has 0 aliphatic carbocycles. The highest BCUT2D eigenvalue weighted by atomic mass is 32.2. The van der Waals surface area contributed by atoms with Crippen molar-refractivity contribution in [2.45, 2.75) is 16.3 Å². The minimum Gasteiger partial charge on any atom is -0.261 e. The Labute approximate surface area is 100.0 Å². The van der Waals surface area contributed by atoms with Crippen LogP contribution in [0.3, 0.4) is 0 Å². The zero-order valence-corrected chi connectivity index (χ0v) is 10.1. The molecule has 0 saturated heterocycles. The van der Waals surface area contributed by atoms with Crippen LogP contribution in [0.25, 0.3) is 0 Å². The summed E-state index contributed by atoms with van der Waals surface area (Å²) in [6.45, 7) is 3.72. The molecule has 16 heavy (non-hydrogen) atoms. The molecule has 2 nitrogen and oxygen atoms in total. The highest BCUT2D eigenvalue weighted by Crippen LogP contribution is 2.27. The molecule has 3 heteroatoms. The van der Waals surface area contributed by atoms with E-state index >= 15 is 0 Å². The van der Waals surface area contributed by atoms with Crippen LogP contribution in [0.15, 0.2) is 59.0 Å². The van der Waals surface area contributed by atoms with Gasteiger partial charge in [-0.05, 0) is 18.2 Å². The largest absolute Gasteiger partial charge is 0.261 e. The third kappa shape index (κ3) is 2.55. The van der Waals surface area contributed by atoms with Crippen LogP contribution < -0.4 is 0 Å². The molecular formula is C13H14N2S. The number of aryl methyl sites for hydroxylation is 1. The van der Waals surface area contributed by atoms with Gasteiger partial charge in [0.05, 0.1) is 10.7 Å². The van der Waals surface area contributed by atoms with Crippen LogP contribution in [-0.2, 0) is 13.5 Å². The van der Waals surface area contributed by atoms with E-state index in [1.54, 1.807) is 11.8 Å². The maximum Gasteiger partial charge on any atom is 0.0987 e. The summed E-state index contributed by atoms with van der Waals surface area (Å²) in [6.07, 6.45) is 2.70. The number of hydrogen-bond acceptors (Lipinski definition) is 2. The fraction of sp³-hybridized carbons (Fsp3) is 0.154. The van der Waals surface area contributed by atoms with Gasteiger partial charge in [-0.1, -0.05) is 36.0 Å². The average molecular weight is 230 g/mol. The Morgan fingerprint density at radius 2 is 2.12 bits per heavy atom. The predicted molar refractivity (Wildman–Crippen MR) is 67.7 cm³/mol. The molecule has 0 aliphatic heterocycles. The fourth-order valence-corrected chi connectivity index (χ4v) is 2.36. The summed E-state index contributed by atoms with van der Waals surface area (Å²) in [4.78, 5) is 1.23. The number of hydrogen-bond donors (Lipinski definition) is 0. The maximum atomic E-state index is 4.42. The molecule has 0 atom stereocenters. The van der Waals surface area contributed by atoms with E-state index in [4.69, 9.17) is 0 Å². The molecule has 2 aromatic rings. The molecule has 1 aromatic heterocycles. The SMILES string of the molecule is C=CCc1cc(Sc2ccccc2)n(C)n1. The molecule has 0 N–H and O–H groups in total. The summed E-state index contributed by atoms with van der Waals surface area (Å²) in [7, 11) is 1.97. The Balaban J connectivity index is 2.18. The number of aromatic nitrogens is 2. The first-order valence-corrected chi connectivity index (χ1v) is 5.98. The summed E-state index contributed by atoms with van der Waals surface area (Å²) < 4.78 is 1.91. The zero-order valence-electron chi connectivity index (χ0n) is 9.26. The first-order chi connectivity index (χ1) is 7.79. The fourth-order valence-electron chi connectivity index (χ4n) is 1.46. The first kappa shape index (κ1) is 11.0. The van der Waals surface area contributed by atoms with Gasteiger partial charge < -0.3 is 0 Å². The van der Waals surface area contributed by atoms with Crippen molar-refractivity contribution in [1.29, 1.82) is 0 Å². The van der Waals surface area contributed by atoms with Crippen molar-refractivity contribution >= 4 is 11.8 Å². The van der Waals surface area contributed by atoms with Crippen molar-refractivity contribution in [2.75, 3.05) is 0 Å². The van der Waals surface area contributed by atoms with Crippen LogP contribution in [0.4, 0.5) is 0 Å². The van der Waals surface area contributed by atoms with E-state index in [1.165, 1.54) is 4.90 Å². The molecule has 1 heterocycles. The van der Waals surface area contributed by atoms with Crippen LogP contribution in [0.1, 0.15) is 5.69 Å². The van der Waals surface area contributed by atoms with Crippen LogP contribution >= 0.6 is 11.8 Å². The second-order valence-corrected chi connectivity index (χ2v) is 4.60. The molecule has 0 aliphatic rings. The summed E-state index contributed by atoms with van der Waals surface area (Å²) in [5.41, 5.74) is 1.07. The molecule has 0 unspecified atom stereocenters. The second kappa shape index (κ2) is 5.03. The van der Waals surface area contributed by atoms with E-state index < -0.39 is 0 Å². The third-order valence-electron chi connectivity index (χ3n) is 2.21. The van der Waals surface area contributed by atoms with Gasteiger partial charge in [-0.25, -0.2) is 0 Å². The lowest BCUT2D eigenvalue weighted by Gasteiger charge is -2.00. The van der Waals surface area contributed by atoms with Gasteiger partial charge in [0.15, 0.2) is 0 Å². The van der Waals surface area contributed by atoms with E-state index in [1.807, 2.05) is 36.0 Å². The summed E-state index contributed by atoms with van der Waals surface area (Å²) in [6, 6.07) is 12.4. The molecule has 2 rings (SSSR count). The monoisotopic (exact) mass is 230 g/mol. The van der Waals surface area contributed by atoms with Gasteiger partial charge in [-0.15, -0.1) is 6.58 Å². The van der Waals surface area contributed by atoms with Crippen molar-refractivity contribution in [3.8, 4) is 0 Å². The number of rotatable bonds is 4. The van der Waals surface area contributed by atoms with Gasteiger partial charge in [0.25, 0.3) is 0 Å². The van der Waals surface area contributed by atoms with Gasteiger partial charge in [0, 0.05) is 18.4 Å². The summed E-state index contributed by atoms with van der Waals surface area (Å²) in [5, 5.41) is 5.58. The lowest BCUT2D eigenvalue weighted by atomic mass is 10.3. The Hall–Kier alpha value is -1.48. The van der Waals surface area contributed by atoms with Crippen LogP contribution in [0, 0.1) is 0 Å². The first-order valence-electron chi connectivity index (χ1n) is 5.16. The van der Waals surface area contributed by atoms with Gasteiger partial charge in [0.1, 0.15) is 0 Å². The highest BCUT2D eigenvalue weighted by Gasteiger charge is 2.05. The molecule has 0 saturated carbocycles. The molecule has 0 bridgehead atoms. The molecular weight excluding hydrogens is 216 g/mol. The summed E-state index contributed by atoms with van der Waals surface area (Å²) >= 11 is 1.73. The highest BCUT2D eigenvalue weighted by molar-refractivity contribution is 7.99. The molecule has 82 valence electrons. The second-order valence-electron chi connectivity index (χ2n) is 3.51. The molecule has 0 spiro atoms. The van der Waals surface area contributed by atoms with Crippen molar-refractivity contribution < 1.29 is 0 Å². The van der Waals surface area contributed by atoms with Crippen LogP contribution in [0.5, 0.6) is 0 Å². The topological polar surface area (TPSA) is 17.8 Å². The van der Waals surface area contributed by atoms with Gasteiger partial charge in [-0.3, -0.25) is 4.68 Å². The van der Waals surface area contributed by atoms with Crippen molar-refractivity contribution in [2.24, 2.45) is 7.05 Å². The van der Waals surface area contributed by atoms with Gasteiger partial charge in [-0.2, -0.15) is 5.10 Å². The Bertz CT molecular complexity index is 474. The van der Waals surface area contributed by atoms with E-state index in [0.29, 0.717) is 0 Å². The number of allylic oxidation sites excluding steroid dienone is 1. The maximum absolute atomic E-state index is 4.42. The van der Waals surface area contributed by atoms with E-state index in [-0.39, 0.29) is 0 Å². The quantitative estimate of drug-likeness (QED) is 0.750. The predicted octanol–water partition coefficient (Wildman–Crippen LogP) is 3.30. The minimum atomic E-state index is 0.823. The van der Waals surface area contributed by atoms with Crippen molar-refractivity contribution in [3.05, 3.63) is 54.7 Å². The Morgan fingerprint density at radius 1 is 1.38 bits per heavy atom. The van der Waals surface area contributed by atoms with E-state index in [2.05, 4.69) is 29.9 Å². The number of benzene rings is 1. The normalized spacial score (nSPS) is 10.3. The molecule has 0 radical (unpaired) electrons. The average Bonchev–Trinajstić information content (AvgIpc) is 2.61. The van der Waals surface area contributed by atoms with Crippen molar-refractivity contribution in [1.82, 2.24) is 9.78 Å². The molecule has 0 fully saturated rings. The lowest BCUT2D eigenvalue weighted by molar-refractivity contribution is 0.689. The smallest absolute Gasteiger partial charge is 0.0987 e. The number of nitrogens with zero attached hydrogens (tertiary/aromatic N) is 2.